The third-order valence-corrected chi connectivity index (χ3v) is 2.22. The van der Waals surface area contributed by atoms with Crippen LogP contribution in [-0.2, 0) is 34.4 Å². The monoisotopic (exact) mass is 390 g/mol. The predicted molar refractivity (Wildman–Crippen MR) is 104 cm³/mol. The van der Waals surface area contributed by atoms with Crippen molar-refractivity contribution in [3.8, 4) is 0 Å². The average molecular weight is 390 g/mol. The maximum Gasteiger partial charge on any atom is 0.339 e. The normalized spacial score (nSPS) is 7.11. The van der Waals surface area contributed by atoms with Crippen LogP contribution in [0.15, 0.2) is 29.4 Å². The molecular weight excluding hydrogens is 360 g/mol. The first-order valence-electron chi connectivity index (χ1n) is 5.13. The van der Waals surface area contributed by atoms with Gasteiger partial charge in [-0.05, 0) is 0 Å². The van der Waals surface area contributed by atoms with Crippen LogP contribution in [0.4, 0.5) is 0 Å². The van der Waals surface area contributed by atoms with Crippen LogP contribution in [0.2, 0.25) is 0 Å². The van der Waals surface area contributed by atoms with Crippen LogP contribution in [-0.4, -0.2) is 31.9 Å². The molecule has 0 radical (unpaired) electrons. The van der Waals surface area contributed by atoms with E-state index in [1.807, 2.05) is 0 Å². The van der Waals surface area contributed by atoms with E-state index in [9.17, 15) is 28.8 Å². The van der Waals surface area contributed by atoms with Crippen molar-refractivity contribution in [2.24, 2.45) is 15.0 Å². The van der Waals surface area contributed by atoms with Crippen molar-refractivity contribution in [3.63, 3.8) is 0 Å². The summed E-state index contributed by atoms with van der Waals surface area (Å²) in [5.41, 5.74) is -3.43. The van der Waals surface area contributed by atoms with E-state index >= 15 is 0 Å². The van der Waals surface area contributed by atoms with Gasteiger partial charge in [0.05, 0.1) is 0 Å². The van der Waals surface area contributed by atoms with Gasteiger partial charge in [-0.1, -0.05) is 44.6 Å². The van der Waals surface area contributed by atoms with Gasteiger partial charge in [0.2, 0.25) is 18.2 Å². The Morgan fingerprint density at radius 1 is 0.519 bits per heavy atom. The lowest BCUT2D eigenvalue weighted by molar-refractivity contribution is 0.454. The zero-order valence-electron chi connectivity index (χ0n) is 10.3. The highest BCUT2D eigenvalue weighted by atomic mass is 16.2. The first-order chi connectivity index (χ1) is 10.1. The maximum absolute atomic E-state index is 11.9. The number of nitrogens with zero attached hydrogens (tertiary/aromatic N) is 6. The molecule has 0 aliphatic heterocycles. The van der Waals surface area contributed by atoms with Crippen LogP contribution in [0.25, 0.3) is 0 Å². The lowest BCUT2D eigenvalue weighted by Crippen LogP contribution is -2.54. The second-order valence-electron chi connectivity index (χ2n) is 3.30. The van der Waals surface area contributed by atoms with Gasteiger partial charge in [0.1, 0.15) is 20.0 Å². The molecule has 0 atom stereocenters. The van der Waals surface area contributed by atoms with Crippen molar-refractivity contribution in [1.82, 2.24) is 13.7 Å². The molecule has 0 aliphatic rings. The number of isocyanates is 3. The van der Waals surface area contributed by atoms with Crippen molar-refractivity contribution in [2.75, 3.05) is 0 Å². The molecule has 0 unspecified atom stereocenters. The molecule has 1 aromatic heterocycles. The molecule has 0 spiro atoms. The molecule has 12 heteroatoms. The highest BCUT2D eigenvalue weighted by molar-refractivity contribution is 5.33. The van der Waals surface area contributed by atoms with E-state index in [1.165, 1.54) is 0 Å². The lowest BCUT2D eigenvalue weighted by atomic mass is 10.7. The van der Waals surface area contributed by atoms with E-state index in [0.717, 1.165) is 18.2 Å². The predicted octanol–water partition coefficient (Wildman–Crippen LogP) is 0.868. The zero-order chi connectivity index (χ0) is 15.8. The van der Waals surface area contributed by atoms with E-state index < -0.39 is 37.1 Å². The van der Waals surface area contributed by atoms with E-state index in [2.05, 4.69) is 15.0 Å². The van der Waals surface area contributed by atoms with Gasteiger partial charge in [-0.15, -0.1) is 0 Å². The fourth-order valence-electron chi connectivity index (χ4n) is 1.34. The van der Waals surface area contributed by atoms with E-state index in [-0.39, 0.29) is 44.6 Å². The lowest BCUT2D eigenvalue weighted by Gasteiger charge is -2.08. The van der Waals surface area contributed by atoms with Crippen molar-refractivity contribution in [1.29, 1.82) is 0 Å². The van der Waals surface area contributed by atoms with Gasteiger partial charge >= 0.3 is 17.1 Å². The molecule has 0 saturated heterocycles. The zero-order valence-corrected chi connectivity index (χ0v) is 10.3. The smallest absolute Gasteiger partial charge is 0.247 e. The van der Waals surface area contributed by atoms with Crippen LogP contribution < -0.4 is 17.1 Å². The largest absolute Gasteiger partial charge is 0.339 e. The van der Waals surface area contributed by atoms with E-state index in [0.29, 0.717) is 13.7 Å². The minimum Gasteiger partial charge on any atom is -0.247 e. The summed E-state index contributed by atoms with van der Waals surface area (Å²) < 4.78 is 1.23. The van der Waals surface area contributed by atoms with E-state index in [1.54, 1.807) is 0 Å². The highest BCUT2D eigenvalue weighted by Crippen LogP contribution is 1.79. The van der Waals surface area contributed by atoms with Crippen molar-refractivity contribution in [3.05, 3.63) is 31.5 Å². The number of aromatic nitrogens is 3. The van der Waals surface area contributed by atoms with Crippen LogP contribution in [0.3, 0.4) is 0 Å². The Hall–Kier alpha value is -3.45. The summed E-state index contributed by atoms with van der Waals surface area (Å²) in [5, 5.41) is 0. The molecule has 0 fully saturated rings. The van der Waals surface area contributed by atoms with Crippen LogP contribution in [0, 0.1) is 0 Å². The van der Waals surface area contributed by atoms with Crippen molar-refractivity contribution >= 4 is 18.2 Å². The minimum absolute atomic E-state index is 0. The number of aliphatic imine (C=N–C) groups is 3. The summed E-state index contributed by atoms with van der Waals surface area (Å²) >= 11 is 0. The van der Waals surface area contributed by atoms with Gasteiger partial charge in [-0.3, -0.25) is 0 Å². The molecule has 0 aromatic carbocycles. The van der Waals surface area contributed by atoms with Gasteiger partial charge in [0.15, 0.2) is 0 Å². The van der Waals surface area contributed by atoms with E-state index in [4.69, 9.17) is 0 Å². The Labute approximate surface area is 158 Å². The van der Waals surface area contributed by atoms with Gasteiger partial charge in [0, 0.05) is 0 Å². The molecule has 0 bridgehead atoms. The second-order valence-corrected chi connectivity index (χ2v) is 3.30. The average Bonchev–Trinajstić information content (AvgIpc) is 2.47. The summed E-state index contributed by atoms with van der Waals surface area (Å²) in [6, 6.07) is 0. The third kappa shape index (κ3) is 8.99. The van der Waals surface area contributed by atoms with Gasteiger partial charge in [-0.2, -0.15) is 15.0 Å². The quantitative estimate of drug-likeness (QED) is 0.518. The molecular formula is C15H30N6O6. The standard InChI is InChI=1S/C9H6N6O6.6CH4/c16-4-10-1-13-7(19)14(2-11-5-17)9(21)15(8(13)20)3-12-6-18;;;;;;/h1-3H2;6*1H4. The molecule has 0 amide bonds. The first kappa shape index (κ1) is 38.9. The van der Waals surface area contributed by atoms with Crippen molar-refractivity contribution < 1.29 is 14.4 Å². The van der Waals surface area contributed by atoms with Crippen LogP contribution >= 0.6 is 0 Å². The van der Waals surface area contributed by atoms with Crippen LogP contribution in [0.5, 0.6) is 0 Å². The Morgan fingerprint density at radius 3 is 0.852 bits per heavy atom. The van der Waals surface area contributed by atoms with Gasteiger partial charge in [0.25, 0.3) is 0 Å². The summed E-state index contributed by atoms with van der Waals surface area (Å²) in [4.78, 5) is 74.9. The summed E-state index contributed by atoms with van der Waals surface area (Å²) in [7, 11) is 0. The maximum atomic E-state index is 11.9. The Kier molecular flexibility index (Phi) is 27.2. The van der Waals surface area contributed by atoms with Gasteiger partial charge in [-0.25, -0.2) is 42.5 Å². The molecule has 1 rings (SSSR count). The number of carbonyl (C=O) groups excluding carboxylic acids is 3. The first-order valence-corrected chi connectivity index (χ1v) is 5.13. The molecule has 12 nitrogen and oxygen atoms in total. The molecule has 1 aromatic rings. The molecule has 0 aliphatic carbocycles. The summed E-state index contributed by atoms with van der Waals surface area (Å²) in [6.45, 7) is -2.09. The molecule has 27 heavy (non-hydrogen) atoms. The minimum atomic E-state index is -1.14. The molecule has 156 valence electrons. The number of rotatable bonds is 6. The highest BCUT2D eigenvalue weighted by Gasteiger charge is 2.14. The Balaban J connectivity index is -0.000000184. The third-order valence-electron chi connectivity index (χ3n) is 2.22. The second kappa shape index (κ2) is 18.9. The van der Waals surface area contributed by atoms with Crippen LogP contribution in [0.1, 0.15) is 44.6 Å². The Bertz CT molecular complexity index is 718. The molecule has 0 N–H and O–H groups in total. The topological polar surface area (TPSA) is 154 Å². The molecule has 0 saturated carbocycles. The number of hydrogen-bond donors (Lipinski definition) is 0. The fourth-order valence-corrected chi connectivity index (χ4v) is 1.34. The Morgan fingerprint density at radius 2 is 0.704 bits per heavy atom. The number of hydrogen-bond acceptors (Lipinski definition) is 9. The summed E-state index contributed by atoms with van der Waals surface area (Å²) in [5.74, 6) is 0. The van der Waals surface area contributed by atoms with Crippen molar-refractivity contribution in [2.45, 2.75) is 64.6 Å². The molecule has 1 heterocycles. The SMILES string of the molecule is C.C.C.C.C.C.O=C=NCn1c(=O)n(CN=C=O)c(=O)n(CN=C=O)c1=O. The van der Waals surface area contributed by atoms with Gasteiger partial charge < -0.3 is 0 Å². The summed E-state index contributed by atoms with van der Waals surface area (Å²) in [6.07, 6.45) is 3.36. The fraction of sp³-hybridized carbons (Fsp3) is 0.600.